The van der Waals surface area contributed by atoms with Gasteiger partial charge in [0.2, 0.25) is 0 Å². The van der Waals surface area contributed by atoms with Gasteiger partial charge in [0.05, 0.1) is 11.0 Å². The first-order chi connectivity index (χ1) is 16.2. The van der Waals surface area contributed by atoms with Crippen LogP contribution in [-0.4, -0.2) is 44.2 Å². The fourth-order valence-corrected chi connectivity index (χ4v) is 4.65. The zero-order valence-corrected chi connectivity index (χ0v) is 18.6. The van der Waals surface area contributed by atoms with E-state index < -0.39 is 0 Å². The van der Waals surface area contributed by atoms with Crippen molar-refractivity contribution in [3.8, 4) is 28.5 Å². The number of rotatable bonds is 3. The zero-order valence-electron chi connectivity index (χ0n) is 18.6. The molecule has 6 rings (SSSR count). The Morgan fingerprint density at radius 1 is 1.03 bits per heavy atom. The largest absolute Gasteiger partial charge is 0.415 e. The van der Waals surface area contributed by atoms with E-state index in [0.717, 1.165) is 67.6 Å². The van der Waals surface area contributed by atoms with Crippen LogP contribution in [0.4, 0.5) is 4.79 Å². The van der Waals surface area contributed by atoms with E-state index in [1.165, 1.54) is 11.1 Å². The summed E-state index contributed by atoms with van der Waals surface area (Å²) < 4.78 is 5.99. The number of carbonyl (C=O) groups excluding carboxylic acids is 1. The van der Waals surface area contributed by atoms with E-state index in [1.807, 2.05) is 31.2 Å². The van der Waals surface area contributed by atoms with Crippen molar-refractivity contribution in [3.63, 3.8) is 0 Å². The summed E-state index contributed by atoms with van der Waals surface area (Å²) in [5.74, 6) is 1.01. The minimum Gasteiger partial charge on any atom is -0.405 e. The van der Waals surface area contributed by atoms with E-state index in [0.29, 0.717) is 23.0 Å². The summed E-state index contributed by atoms with van der Waals surface area (Å²) in [6, 6.07) is 12.3. The van der Waals surface area contributed by atoms with Gasteiger partial charge in [-0.15, -0.1) is 0 Å². The van der Waals surface area contributed by atoms with E-state index in [-0.39, 0.29) is 6.09 Å². The number of aromatic nitrogens is 4. The Labute approximate surface area is 191 Å². The molecule has 3 N–H and O–H groups in total. The lowest BCUT2D eigenvalue weighted by Gasteiger charge is -2.25. The van der Waals surface area contributed by atoms with Crippen LogP contribution >= 0.6 is 0 Å². The number of aryl methyl sites for hydroxylation is 1. The lowest BCUT2D eigenvalue weighted by molar-refractivity contribution is 0.143. The summed E-state index contributed by atoms with van der Waals surface area (Å²) in [5, 5.41) is 11.0. The molecule has 0 unspecified atom stereocenters. The van der Waals surface area contributed by atoms with Crippen molar-refractivity contribution in [1.29, 1.82) is 0 Å². The first kappa shape index (κ1) is 20.0. The predicted octanol–water partition coefficient (Wildman–Crippen LogP) is 4.52. The molecule has 2 aliphatic rings. The second kappa shape index (κ2) is 8.04. The summed E-state index contributed by atoms with van der Waals surface area (Å²) in [7, 11) is 0. The first-order valence-corrected chi connectivity index (χ1v) is 11.5. The Balaban J connectivity index is 1.42. The van der Waals surface area contributed by atoms with Crippen molar-refractivity contribution < 1.29 is 9.53 Å². The number of carbonyl (C=O) groups is 1. The highest BCUT2D eigenvalue weighted by Gasteiger charge is 2.26. The Morgan fingerprint density at radius 3 is 2.58 bits per heavy atom. The first-order valence-electron chi connectivity index (χ1n) is 11.5. The Bertz CT molecular complexity index is 1290. The lowest BCUT2D eigenvalue weighted by atomic mass is 10.1. The summed E-state index contributed by atoms with van der Waals surface area (Å²) in [6.07, 6.45) is 2.81. The monoisotopic (exact) mass is 442 g/mol. The van der Waals surface area contributed by atoms with E-state index in [2.05, 4.69) is 32.6 Å². The van der Waals surface area contributed by atoms with Gasteiger partial charge < -0.3 is 19.9 Å². The maximum Gasteiger partial charge on any atom is 0.415 e. The van der Waals surface area contributed by atoms with Gasteiger partial charge in [-0.05, 0) is 49.4 Å². The Kier molecular flexibility index (Phi) is 4.87. The van der Waals surface area contributed by atoms with Crippen molar-refractivity contribution in [3.05, 3.63) is 53.1 Å². The average molecular weight is 443 g/mol. The van der Waals surface area contributed by atoms with Crippen molar-refractivity contribution in [2.75, 3.05) is 13.1 Å². The van der Waals surface area contributed by atoms with Crippen LogP contribution < -0.4 is 10.1 Å². The average Bonchev–Trinajstić information content (AvgIpc) is 3.56. The summed E-state index contributed by atoms with van der Waals surface area (Å²) in [4.78, 5) is 23.0. The van der Waals surface area contributed by atoms with Gasteiger partial charge in [0.25, 0.3) is 0 Å². The minimum atomic E-state index is -0.341. The van der Waals surface area contributed by atoms with Gasteiger partial charge in [-0.3, -0.25) is 5.10 Å². The van der Waals surface area contributed by atoms with Gasteiger partial charge in [-0.1, -0.05) is 29.8 Å². The molecule has 4 heterocycles. The molecular weight excluding hydrogens is 416 g/mol. The van der Waals surface area contributed by atoms with Crippen LogP contribution in [0.2, 0.25) is 0 Å². The maximum atomic E-state index is 13.0. The van der Waals surface area contributed by atoms with Gasteiger partial charge in [0.1, 0.15) is 11.4 Å². The quantitative estimate of drug-likeness (QED) is 0.433. The molecule has 2 aliphatic heterocycles. The highest BCUT2D eigenvalue weighted by Crippen LogP contribution is 2.37. The van der Waals surface area contributed by atoms with Crippen LogP contribution in [0, 0.1) is 6.92 Å². The zero-order chi connectivity index (χ0) is 22.4. The molecule has 33 heavy (non-hydrogen) atoms. The molecule has 0 atom stereocenters. The Hall–Kier alpha value is -3.65. The normalized spacial score (nSPS) is 15.7. The van der Waals surface area contributed by atoms with Gasteiger partial charge in [0, 0.05) is 31.7 Å². The molecule has 8 heteroatoms. The molecule has 0 radical (unpaired) electrons. The fourth-order valence-electron chi connectivity index (χ4n) is 4.65. The topological polar surface area (TPSA) is 98.9 Å². The fraction of sp³-hybridized carbons (Fsp3) is 0.320. The number of H-pyrrole nitrogens is 2. The predicted molar refractivity (Wildman–Crippen MR) is 126 cm³/mol. The van der Waals surface area contributed by atoms with Crippen molar-refractivity contribution in [1.82, 2.24) is 30.4 Å². The summed E-state index contributed by atoms with van der Waals surface area (Å²) in [6.45, 7) is 5.19. The van der Waals surface area contributed by atoms with Gasteiger partial charge in [-0.25, -0.2) is 9.78 Å². The van der Waals surface area contributed by atoms with E-state index in [4.69, 9.17) is 9.72 Å². The third kappa shape index (κ3) is 3.66. The summed E-state index contributed by atoms with van der Waals surface area (Å²) >= 11 is 0. The van der Waals surface area contributed by atoms with Crippen molar-refractivity contribution in [2.24, 2.45) is 0 Å². The molecule has 1 amide bonds. The van der Waals surface area contributed by atoms with Crippen LogP contribution in [0.1, 0.15) is 36.0 Å². The van der Waals surface area contributed by atoms with Crippen molar-refractivity contribution in [2.45, 2.75) is 39.3 Å². The number of nitrogens with zero attached hydrogens (tertiary/aromatic N) is 3. The molecule has 8 nitrogen and oxygen atoms in total. The minimum absolute atomic E-state index is 0.341. The molecule has 2 aromatic carbocycles. The van der Waals surface area contributed by atoms with Crippen LogP contribution in [0.3, 0.4) is 0 Å². The molecular formula is C25H26N6O2. The summed E-state index contributed by atoms with van der Waals surface area (Å²) in [5.41, 5.74) is 7.58. The number of hydrogen-bond acceptors (Lipinski definition) is 5. The standard InChI is InChI=1S/C25H26N6O2/c1-15-5-7-16(8-6-15)21-23(33-25(32)31-9-3-2-4-10-31)22(30-29-21)24-27-19-11-17-13-26-14-18(17)12-20(19)28-24/h5-8,11-12,26H,2-4,9-10,13-14H2,1H3,(H,27,28)(H,29,30). The molecule has 168 valence electrons. The molecule has 0 aliphatic carbocycles. The number of imidazole rings is 1. The molecule has 0 spiro atoms. The Morgan fingerprint density at radius 2 is 1.79 bits per heavy atom. The molecule has 4 aromatic rings. The molecule has 2 aromatic heterocycles. The number of benzene rings is 2. The van der Waals surface area contributed by atoms with Gasteiger partial charge >= 0.3 is 6.09 Å². The third-order valence-corrected chi connectivity index (χ3v) is 6.52. The third-order valence-electron chi connectivity index (χ3n) is 6.52. The van der Waals surface area contributed by atoms with E-state index >= 15 is 0 Å². The number of fused-ring (bicyclic) bond motifs is 2. The van der Waals surface area contributed by atoms with Crippen molar-refractivity contribution >= 4 is 17.1 Å². The van der Waals surface area contributed by atoms with E-state index in [9.17, 15) is 4.79 Å². The lowest BCUT2D eigenvalue weighted by Crippen LogP contribution is -2.37. The van der Waals surface area contributed by atoms with Crippen LogP contribution in [0.5, 0.6) is 5.75 Å². The molecule has 0 saturated carbocycles. The SMILES string of the molecule is Cc1ccc(-c2n[nH]c(-c3nc4cc5c(cc4[nH]3)CNC5)c2OC(=O)N2CCCCC2)cc1. The van der Waals surface area contributed by atoms with Gasteiger partial charge in [-0.2, -0.15) is 5.10 Å². The second-order valence-corrected chi connectivity index (χ2v) is 8.89. The van der Waals surface area contributed by atoms with Crippen LogP contribution in [-0.2, 0) is 13.1 Å². The van der Waals surface area contributed by atoms with Gasteiger partial charge in [0.15, 0.2) is 11.6 Å². The number of aromatic amines is 2. The highest BCUT2D eigenvalue weighted by molar-refractivity contribution is 5.85. The number of ether oxygens (including phenoxy) is 1. The second-order valence-electron chi connectivity index (χ2n) is 8.89. The van der Waals surface area contributed by atoms with Crippen LogP contribution in [0.25, 0.3) is 33.8 Å². The molecule has 1 fully saturated rings. The molecule has 1 saturated heterocycles. The maximum absolute atomic E-state index is 13.0. The highest BCUT2D eigenvalue weighted by atomic mass is 16.6. The number of piperidine rings is 1. The molecule has 0 bridgehead atoms. The number of nitrogens with one attached hydrogen (secondary N) is 3. The number of likely N-dealkylation sites (tertiary alicyclic amines) is 1. The van der Waals surface area contributed by atoms with Crippen LogP contribution in [0.15, 0.2) is 36.4 Å². The van der Waals surface area contributed by atoms with E-state index in [1.54, 1.807) is 4.90 Å². The smallest absolute Gasteiger partial charge is 0.405 e. The number of amides is 1. The number of hydrogen-bond donors (Lipinski definition) is 3.